The van der Waals surface area contributed by atoms with E-state index in [9.17, 15) is 15.8 Å². The lowest BCUT2D eigenvalue weighted by molar-refractivity contribution is 1.17. The second-order valence-corrected chi connectivity index (χ2v) is 12.3. The van der Waals surface area contributed by atoms with Crippen molar-refractivity contribution >= 4 is 43.6 Å². The van der Waals surface area contributed by atoms with Crippen molar-refractivity contribution in [3.05, 3.63) is 168 Å². The minimum absolute atomic E-state index is 0.578. The lowest BCUT2D eigenvalue weighted by atomic mass is 9.94. The second-order valence-electron chi connectivity index (χ2n) is 12.3. The number of hydrogen-bond donors (Lipinski definition) is 0. The molecule has 9 rings (SSSR count). The van der Waals surface area contributed by atoms with E-state index in [2.05, 4.69) is 112 Å². The molecule has 50 heavy (non-hydrogen) atoms. The molecule has 0 aliphatic carbocycles. The summed E-state index contributed by atoms with van der Waals surface area (Å²) >= 11 is 0. The highest BCUT2D eigenvalue weighted by Crippen LogP contribution is 2.42. The highest BCUT2D eigenvalue weighted by Gasteiger charge is 2.20. The van der Waals surface area contributed by atoms with Crippen LogP contribution in [-0.2, 0) is 0 Å². The summed E-state index contributed by atoms with van der Waals surface area (Å²) in [7, 11) is 0. The number of fused-ring (bicyclic) bond motifs is 6. The van der Waals surface area contributed by atoms with E-state index >= 15 is 0 Å². The molecule has 0 fully saturated rings. The number of hydrogen-bond acceptors (Lipinski definition) is 3. The van der Waals surface area contributed by atoms with Gasteiger partial charge in [0.25, 0.3) is 0 Å². The molecule has 0 unspecified atom stereocenters. The zero-order chi connectivity index (χ0) is 33.8. The van der Waals surface area contributed by atoms with E-state index in [1.165, 1.54) is 0 Å². The Morgan fingerprint density at radius 2 is 1.06 bits per heavy atom. The summed E-state index contributed by atoms with van der Waals surface area (Å²) in [5, 5.41) is 33.7. The van der Waals surface area contributed by atoms with Gasteiger partial charge in [0.1, 0.15) is 6.07 Å². The van der Waals surface area contributed by atoms with Crippen LogP contribution in [0.25, 0.3) is 77.2 Å². The van der Waals surface area contributed by atoms with Gasteiger partial charge in [-0.2, -0.15) is 15.8 Å². The smallest absolute Gasteiger partial charge is 0.101 e. The van der Waals surface area contributed by atoms with Crippen LogP contribution in [0.2, 0.25) is 0 Å². The van der Waals surface area contributed by atoms with Crippen molar-refractivity contribution in [3.8, 4) is 51.8 Å². The Labute approximate surface area is 287 Å². The lowest BCUT2D eigenvalue weighted by Gasteiger charge is -2.13. The lowest BCUT2D eigenvalue weighted by Crippen LogP contribution is -1.97. The molecule has 0 aliphatic heterocycles. The Bertz CT molecular complexity index is 2960. The van der Waals surface area contributed by atoms with Crippen LogP contribution in [0, 0.1) is 34.0 Å². The van der Waals surface area contributed by atoms with Gasteiger partial charge in [-0.15, -0.1) is 0 Å². The third-order valence-corrected chi connectivity index (χ3v) is 9.62. The maximum Gasteiger partial charge on any atom is 0.101 e. The van der Waals surface area contributed by atoms with E-state index in [4.69, 9.17) is 0 Å². The first-order valence-electron chi connectivity index (χ1n) is 16.3. The minimum Gasteiger partial charge on any atom is -0.309 e. The van der Waals surface area contributed by atoms with Crippen molar-refractivity contribution in [2.75, 3.05) is 0 Å². The Hall–Kier alpha value is -7.39. The summed E-state index contributed by atoms with van der Waals surface area (Å²) in [6.07, 6.45) is 0. The Morgan fingerprint density at radius 1 is 0.420 bits per heavy atom. The van der Waals surface area contributed by atoms with E-state index in [1.807, 2.05) is 66.7 Å². The number of benzene rings is 7. The SMILES string of the molecule is N#Cc1ccc(-n2c3ccccc3c3cccc(-c4cccc(-c5cccc6c5c5cc(C#N)ccc5n6-c5ccccc5C#N)c4)c32)cc1. The molecule has 7 aromatic carbocycles. The molecule has 0 spiro atoms. The first-order chi connectivity index (χ1) is 24.7. The highest BCUT2D eigenvalue weighted by molar-refractivity contribution is 6.17. The third kappa shape index (κ3) is 4.31. The van der Waals surface area contributed by atoms with Gasteiger partial charge in [0, 0.05) is 32.8 Å². The van der Waals surface area contributed by atoms with Crippen LogP contribution >= 0.6 is 0 Å². The van der Waals surface area contributed by atoms with Crippen LogP contribution in [0.15, 0.2) is 152 Å². The monoisotopic (exact) mass is 635 g/mol. The van der Waals surface area contributed by atoms with Gasteiger partial charge in [0.15, 0.2) is 0 Å². The maximum absolute atomic E-state index is 10.0. The Kier molecular flexibility index (Phi) is 6.56. The number of aromatic nitrogens is 2. The fraction of sp³-hybridized carbons (Fsp3) is 0. The summed E-state index contributed by atoms with van der Waals surface area (Å²) in [6.45, 7) is 0. The third-order valence-electron chi connectivity index (χ3n) is 9.62. The van der Waals surface area contributed by atoms with Gasteiger partial charge in [-0.05, 0) is 89.5 Å². The molecule has 2 heterocycles. The molecule has 9 aromatic rings. The fourth-order valence-corrected chi connectivity index (χ4v) is 7.46. The number of nitriles is 3. The molecule has 0 saturated carbocycles. The summed E-state index contributed by atoms with van der Waals surface area (Å²) in [5.41, 5.74) is 11.9. The minimum atomic E-state index is 0.578. The maximum atomic E-state index is 10.0. The quantitative estimate of drug-likeness (QED) is 0.193. The molecule has 2 aromatic heterocycles. The second kappa shape index (κ2) is 11.4. The van der Waals surface area contributed by atoms with Crippen molar-refractivity contribution < 1.29 is 0 Å². The highest BCUT2D eigenvalue weighted by atomic mass is 15.0. The average molecular weight is 636 g/mol. The molecule has 0 amide bonds. The number of para-hydroxylation sites is 3. The predicted octanol–water partition coefficient (Wildman–Crippen LogP) is 10.8. The van der Waals surface area contributed by atoms with Crippen LogP contribution in [-0.4, -0.2) is 9.13 Å². The molecule has 5 nitrogen and oxygen atoms in total. The molecule has 0 bridgehead atoms. The van der Waals surface area contributed by atoms with Gasteiger partial charge in [-0.3, -0.25) is 0 Å². The summed E-state index contributed by atoms with van der Waals surface area (Å²) < 4.78 is 4.42. The first kappa shape index (κ1) is 28.8. The fourth-order valence-electron chi connectivity index (χ4n) is 7.46. The van der Waals surface area contributed by atoms with Gasteiger partial charge in [-0.1, -0.05) is 78.9 Å². The van der Waals surface area contributed by atoms with Gasteiger partial charge in [0.05, 0.1) is 56.6 Å². The molecule has 0 N–H and O–H groups in total. The van der Waals surface area contributed by atoms with Crippen molar-refractivity contribution in [2.24, 2.45) is 0 Å². The topological polar surface area (TPSA) is 81.2 Å². The van der Waals surface area contributed by atoms with E-state index < -0.39 is 0 Å². The van der Waals surface area contributed by atoms with Crippen LogP contribution in [0.4, 0.5) is 0 Å². The molecule has 230 valence electrons. The standard InChI is InChI=1S/C45H25N5/c46-26-29-18-21-34(22-19-29)49-41-16-4-2-11-37(41)38-14-6-13-36(45(38)49)32-10-5-9-31(25-32)35-12-7-17-43-44(35)39-24-30(27-47)20-23-42(39)50(43)40-15-3-1-8-33(40)28-48/h1-25H. The normalized spacial score (nSPS) is 11.1. The largest absolute Gasteiger partial charge is 0.309 e. The average Bonchev–Trinajstić information content (AvgIpc) is 3.70. The van der Waals surface area contributed by atoms with Gasteiger partial charge in [-0.25, -0.2) is 0 Å². The zero-order valence-corrected chi connectivity index (χ0v) is 26.7. The Balaban J connectivity index is 1.31. The van der Waals surface area contributed by atoms with Gasteiger partial charge >= 0.3 is 0 Å². The van der Waals surface area contributed by atoms with Crippen molar-refractivity contribution in [3.63, 3.8) is 0 Å². The molecule has 0 radical (unpaired) electrons. The van der Waals surface area contributed by atoms with Crippen LogP contribution < -0.4 is 0 Å². The molecule has 0 atom stereocenters. The number of rotatable bonds is 4. The van der Waals surface area contributed by atoms with Gasteiger partial charge < -0.3 is 9.13 Å². The first-order valence-corrected chi connectivity index (χ1v) is 16.3. The van der Waals surface area contributed by atoms with Crippen LogP contribution in [0.3, 0.4) is 0 Å². The molecule has 5 heteroatoms. The number of nitrogens with zero attached hydrogens (tertiary/aromatic N) is 5. The Morgan fingerprint density at radius 3 is 1.88 bits per heavy atom. The van der Waals surface area contributed by atoms with Gasteiger partial charge in [0.2, 0.25) is 0 Å². The molecular weight excluding hydrogens is 611 g/mol. The van der Waals surface area contributed by atoms with E-state index in [0.29, 0.717) is 16.7 Å². The summed E-state index contributed by atoms with van der Waals surface area (Å²) in [6, 6.07) is 57.9. The van der Waals surface area contributed by atoms with E-state index in [-0.39, 0.29) is 0 Å². The molecule has 0 aliphatic rings. The van der Waals surface area contributed by atoms with E-state index in [0.717, 1.165) is 77.2 Å². The van der Waals surface area contributed by atoms with Crippen molar-refractivity contribution in [1.82, 2.24) is 9.13 Å². The molecule has 0 saturated heterocycles. The summed E-state index contributed by atoms with van der Waals surface area (Å²) in [4.78, 5) is 0. The summed E-state index contributed by atoms with van der Waals surface area (Å²) in [5.74, 6) is 0. The molecular formula is C45H25N5. The predicted molar refractivity (Wildman–Crippen MR) is 200 cm³/mol. The van der Waals surface area contributed by atoms with Crippen molar-refractivity contribution in [2.45, 2.75) is 0 Å². The van der Waals surface area contributed by atoms with Crippen LogP contribution in [0.1, 0.15) is 16.7 Å². The zero-order valence-electron chi connectivity index (χ0n) is 26.7. The van der Waals surface area contributed by atoms with Crippen molar-refractivity contribution in [1.29, 1.82) is 15.8 Å². The van der Waals surface area contributed by atoms with Crippen LogP contribution in [0.5, 0.6) is 0 Å². The van der Waals surface area contributed by atoms with E-state index in [1.54, 1.807) is 0 Å².